The van der Waals surface area contributed by atoms with Gasteiger partial charge in [0.1, 0.15) is 17.2 Å². The summed E-state index contributed by atoms with van der Waals surface area (Å²) in [5, 5.41) is 15.5. The largest absolute Gasteiger partial charge is 0.323 e. The zero-order chi connectivity index (χ0) is 24.9. The fraction of sp³-hybridized carbons (Fsp3) is 0.304. The van der Waals surface area contributed by atoms with E-state index in [0.717, 1.165) is 41.7 Å². The van der Waals surface area contributed by atoms with Crippen LogP contribution in [0.25, 0.3) is 11.4 Å². The molecular weight excluding hydrogens is 488 g/mol. The Morgan fingerprint density at radius 3 is 2.54 bits per heavy atom. The first-order valence-corrected chi connectivity index (χ1v) is 13.3. The summed E-state index contributed by atoms with van der Waals surface area (Å²) in [5.74, 6) is 2.02. The van der Waals surface area contributed by atoms with E-state index in [2.05, 4.69) is 20.6 Å². The van der Waals surface area contributed by atoms with Gasteiger partial charge < -0.3 is 10.2 Å². The molecule has 182 valence electrons. The average Bonchev–Trinajstić information content (AvgIpc) is 3.41. The number of benzene rings is 1. The Morgan fingerprint density at radius 1 is 1.20 bits per heavy atom. The monoisotopic (exact) mass is 512 g/mol. The number of aromatic nitrogens is 6. The molecule has 0 aliphatic heterocycles. The van der Waals surface area contributed by atoms with Crippen molar-refractivity contribution in [2.45, 2.75) is 30.6 Å². The number of hydrogen-bond donors (Lipinski definition) is 2. The van der Waals surface area contributed by atoms with Crippen molar-refractivity contribution in [1.29, 1.82) is 0 Å². The van der Waals surface area contributed by atoms with Gasteiger partial charge in [-0.25, -0.2) is 13.4 Å². The predicted octanol–water partition coefficient (Wildman–Crippen LogP) is 4.35. The molecule has 0 bridgehead atoms. The molecular formula is C23H25ClN8O2S. The van der Waals surface area contributed by atoms with Crippen molar-refractivity contribution in [3.8, 4) is 11.4 Å². The van der Waals surface area contributed by atoms with Crippen molar-refractivity contribution < 1.29 is 8.42 Å². The summed E-state index contributed by atoms with van der Waals surface area (Å²) in [6.45, 7) is 1.93. The van der Waals surface area contributed by atoms with Crippen molar-refractivity contribution in [3.05, 3.63) is 52.8 Å². The second-order valence-electron chi connectivity index (χ2n) is 8.79. The third-order valence-electron chi connectivity index (χ3n) is 5.84. The molecule has 3 heterocycles. The normalized spacial score (nSPS) is 13.7. The van der Waals surface area contributed by atoms with E-state index >= 15 is 0 Å². The average molecular weight is 513 g/mol. The van der Waals surface area contributed by atoms with Gasteiger partial charge >= 0.3 is 0 Å². The van der Waals surface area contributed by atoms with E-state index in [-0.39, 0.29) is 9.92 Å². The molecule has 0 atom stereocenters. The van der Waals surface area contributed by atoms with Gasteiger partial charge in [0.25, 0.3) is 0 Å². The Morgan fingerprint density at radius 2 is 1.97 bits per heavy atom. The molecule has 4 aromatic rings. The molecule has 1 aliphatic carbocycles. The van der Waals surface area contributed by atoms with Crippen LogP contribution in [-0.2, 0) is 16.9 Å². The fourth-order valence-corrected chi connectivity index (χ4v) is 4.92. The Labute approximate surface area is 208 Å². The number of aromatic amines is 1. The second kappa shape index (κ2) is 8.65. The van der Waals surface area contributed by atoms with Crippen LogP contribution in [0, 0.1) is 6.92 Å². The minimum absolute atomic E-state index is 0.148. The molecule has 0 amide bonds. The summed E-state index contributed by atoms with van der Waals surface area (Å²) in [6.07, 6.45) is 5.12. The highest BCUT2D eigenvalue weighted by atomic mass is 35.5. The number of rotatable bonds is 7. The quantitative estimate of drug-likeness (QED) is 0.374. The molecule has 0 unspecified atom stereocenters. The van der Waals surface area contributed by atoms with Crippen LogP contribution in [0.1, 0.15) is 30.0 Å². The van der Waals surface area contributed by atoms with E-state index in [1.807, 2.05) is 32.3 Å². The summed E-state index contributed by atoms with van der Waals surface area (Å²) in [6, 6.07) is 8.45. The smallest absolute Gasteiger partial charge is 0.232 e. The predicted molar refractivity (Wildman–Crippen MR) is 135 cm³/mol. The number of halogens is 1. The highest BCUT2D eigenvalue weighted by Crippen LogP contribution is 2.48. The van der Waals surface area contributed by atoms with Crippen LogP contribution in [0.3, 0.4) is 0 Å². The molecule has 1 saturated carbocycles. The number of hydrogen-bond acceptors (Lipinski definition) is 8. The molecule has 1 fully saturated rings. The molecule has 1 aromatic carbocycles. The molecule has 35 heavy (non-hydrogen) atoms. The Balaban J connectivity index is 1.65. The van der Waals surface area contributed by atoms with Gasteiger partial charge in [-0.05, 0) is 49.9 Å². The summed E-state index contributed by atoms with van der Waals surface area (Å²) in [7, 11) is 0.269. The molecule has 12 heteroatoms. The van der Waals surface area contributed by atoms with E-state index in [0.29, 0.717) is 29.2 Å². The summed E-state index contributed by atoms with van der Waals surface area (Å²) >= 11 is 6.50. The lowest BCUT2D eigenvalue weighted by Crippen LogP contribution is -2.16. The van der Waals surface area contributed by atoms with Crippen molar-refractivity contribution in [1.82, 2.24) is 29.9 Å². The number of sulfone groups is 1. The molecule has 2 N–H and O–H groups in total. The maximum Gasteiger partial charge on any atom is 0.232 e. The topological polar surface area (TPSA) is 122 Å². The van der Waals surface area contributed by atoms with Crippen LogP contribution in [0.4, 0.5) is 23.3 Å². The van der Waals surface area contributed by atoms with Crippen LogP contribution < -0.4 is 10.2 Å². The Bertz CT molecular complexity index is 1520. The maximum absolute atomic E-state index is 11.9. The number of nitrogens with zero attached hydrogens (tertiary/aromatic N) is 6. The number of aryl methyl sites for hydroxylation is 2. The Hall–Kier alpha value is -3.44. The van der Waals surface area contributed by atoms with Gasteiger partial charge in [-0.3, -0.25) is 9.78 Å². The second-order valence-corrected chi connectivity index (χ2v) is 11.2. The summed E-state index contributed by atoms with van der Waals surface area (Å²) in [5.41, 5.74) is 3.98. The molecule has 5 rings (SSSR count). The standard InChI is InChI=1S/C23H25ClN8O2S/c1-13-11-19(29-28-13)25-22-20(14-5-6-14)21(17-9-10-31(2)30-17)26-23(27-22)32(3)18-8-7-15(12-16(18)24)35(4,33)34/h7-12,14H,5-6H2,1-4H3,(H2,25,26,27,28,29). The summed E-state index contributed by atoms with van der Waals surface area (Å²) in [4.78, 5) is 11.6. The zero-order valence-electron chi connectivity index (χ0n) is 19.7. The maximum atomic E-state index is 11.9. The van der Waals surface area contributed by atoms with Crippen LogP contribution in [0.2, 0.25) is 5.02 Å². The van der Waals surface area contributed by atoms with Crippen molar-refractivity contribution in [3.63, 3.8) is 0 Å². The molecule has 3 aromatic heterocycles. The van der Waals surface area contributed by atoms with Crippen LogP contribution >= 0.6 is 11.6 Å². The lowest BCUT2D eigenvalue weighted by Gasteiger charge is -2.22. The first-order valence-electron chi connectivity index (χ1n) is 11.0. The molecule has 0 saturated heterocycles. The van der Waals surface area contributed by atoms with Gasteiger partial charge in [0.15, 0.2) is 15.7 Å². The van der Waals surface area contributed by atoms with Gasteiger partial charge in [-0.15, -0.1) is 0 Å². The third kappa shape index (κ3) is 4.73. The van der Waals surface area contributed by atoms with Gasteiger partial charge in [-0.2, -0.15) is 15.2 Å². The molecule has 10 nitrogen and oxygen atoms in total. The Kier molecular flexibility index (Phi) is 5.76. The molecule has 0 spiro atoms. The van der Waals surface area contributed by atoms with Crippen molar-refractivity contribution in [2.24, 2.45) is 7.05 Å². The minimum atomic E-state index is -3.39. The van der Waals surface area contributed by atoms with E-state index < -0.39 is 9.84 Å². The lowest BCUT2D eigenvalue weighted by atomic mass is 10.1. The summed E-state index contributed by atoms with van der Waals surface area (Å²) < 4.78 is 25.6. The van der Waals surface area contributed by atoms with Crippen molar-refractivity contribution in [2.75, 3.05) is 23.5 Å². The number of H-pyrrole nitrogens is 1. The van der Waals surface area contributed by atoms with E-state index in [9.17, 15) is 8.42 Å². The van der Waals surface area contributed by atoms with Gasteiger partial charge in [-0.1, -0.05) is 11.6 Å². The molecule has 1 aliphatic rings. The van der Waals surface area contributed by atoms with Crippen LogP contribution in [-0.4, -0.2) is 51.7 Å². The SMILES string of the molecule is Cc1cc(Nc2nc(N(C)c3ccc(S(C)(=O)=O)cc3Cl)nc(-c3ccn(C)n3)c2C2CC2)n[nH]1. The van der Waals surface area contributed by atoms with E-state index in [4.69, 9.17) is 21.6 Å². The number of anilines is 4. The van der Waals surface area contributed by atoms with E-state index in [1.54, 1.807) is 22.7 Å². The highest BCUT2D eigenvalue weighted by Gasteiger charge is 2.33. The van der Waals surface area contributed by atoms with Gasteiger partial charge in [0.2, 0.25) is 5.95 Å². The van der Waals surface area contributed by atoms with Crippen LogP contribution in [0.15, 0.2) is 41.4 Å². The minimum Gasteiger partial charge on any atom is -0.323 e. The van der Waals surface area contributed by atoms with Crippen LogP contribution in [0.5, 0.6) is 0 Å². The zero-order valence-corrected chi connectivity index (χ0v) is 21.3. The third-order valence-corrected chi connectivity index (χ3v) is 7.25. The highest BCUT2D eigenvalue weighted by molar-refractivity contribution is 7.90. The molecule has 0 radical (unpaired) electrons. The van der Waals surface area contributed by atoms with Gasteiger partial charge in [0.05, 0.1) is 15.6 Å². The number of nitrogens with one attached hydrogen (secondary N) is 2. The van der Waals surface area contributed by atoms with Gasteiger partial charge in [0, 0.05) is 43.9 Å². The van der Waals surface area contributed by atoms with E-state index in [1.165, 1.54) is 12.1 Å². The lowest BCUT2D eigenvalue weighted by molar-refractivity contribution is 0.602. The fourth-order valence-electron chi connectivity index (χ4n) is 3.90. The van der Waals surface area contributed by atoms with Crippen molar-refractivity contribution >= 4 is 44.7 Å². The first-order chi connectivity index (χ1) is 16.6. The first kappa shape index (κ1) is 23.3.